The van der Waals surface area contributed by atoms with Crippen molar-refractivity contribution in [1.82, 2.24) is 0 Å². The highest BCUT2D eigenvalue weighted by atomic mass is 16.6. The number of hydrogen-bond acceptors (Lipinski definition) is 3. The Labute approximate surface area is 90.8 Å². The minimum Gasteiger partial charge on any atom is -0.466 e. The van der Waals surface area contributed by atoms with Crippen molar-refractivity contribution < 1.29 is 14.3 Å². The van der Waals surface area contributed by atoms with E-state index in [1.54, 1.807) is 6.92 Å². The Morgan fingerprint density at radius 3 is 2.47 bits per heavy atom. The van der Waals surface area contributed by atoms with Crippen LogP contribution in [-0.2, 0) is 14.3 Å². The van der Waals surface area contributed by atoms with Crippen molar-refractivity contribution in [3.8, 4) is 0 Å². The molecule has 0 radical (unpaired) electrons. The molecule has 0 aromatic rings. The molecule has 0 aliphatic carbocycles. The lowest BCUT2D eigenvalue weighted by molar-refractivity contribution is -0.150. The van der Waals surface area contributed by atoms with Gasteiger partial charge in [-0.15, -0.1) is 0 Å². The molecule has 1 aliphatic rings. The summed E-state index contributed by atoms with van der Waals surface area (Å²) >= 11 is 0. The van der Waals surface area contributed by atoms with Gasteiger partial charge in [-0.1, -0.05) is 0 Å². The van der Waals surface area contributed by atoms with E-state index < -0.39 is 5.60 Å². The zero-order valence-electron chi connectivity index (χ0n) is 10.0. The fourth-order valence-electron chi connectivity index (χ4n) is 1.31. The average Bonchev–Trinajstić information content (AvgIpc) is 2.43. The monoisotopic (exact) mass is 210 g/mol. The zero-order valence-corrected chi connectivity index (χ0v) is 10.0. The molecule has 0 aromatic carbocycles. The van der Waals surface area contributed by atoms with Gasteiger partial charge in [0.15, 0.2) is 0 Å². The number of ether oxygens (including phenoxy) is 2. The first-order chi connectivity index (χ1) is 6.83. The fraction of sp³-hybridized carbons (Fsp3) is 0.583. The Morgan fingerprint density at radius 1 is 1.47 bits per heavy atom. The van der Waals surface area contributed by atoms with Crippen molar-refractivity contribution >= 4 is 5.97 Å². The van der Waals surface area contributed by atoms with Crippen molar-refractivity contribution in [1.29, 1.82) is 0 Å². The number of esters is 1. The molecule has 1 aliphatic heterocycles. The van der Waals surface area contributed by atoms with Crippen LogP contribution in [0.1, 0.15) is 41.0 Å². The second kappa shape index (κ2) is 4.09. The minimum atomic E-state index is -0.455. The second-order valence-electron chi connectivity index (χ2n) is 4.57. The Morgan fingerprint density at radius 2 is 2.07 bits per heavy atom. The van der Waals surface area contributed by atoms with E-state index in [4.69, 9.17) is 9.47 Å². The van der Waals surface area contributed by atoms with E-state index in [0.717, 1.165) is 5.76 Å². The molecule has 3 nitrogen and oxygen atoms in total. The van der Waals surface area contributed by atoms with Crippen molar-refractivity contribution in [2.75, 3.05) is 0 Å². The third kappa shape index (κ3) is 3.11. The molecule has 0 atom stereocenters. The molecule has 0 N–H and O–H groups in total. The Bertz CT molecular complexity index is 329. The van der Waals surface area contributed by atoms with E-state index in [1.165, 1.54) is 0 Å². The van der Waals surface area contributed by atoms with Crippen LogP contribution in [0.3, 0.4) is 0 Å². The topological polar surface area (TPSA) is 35.5 Å². The number of allylic oxidation sites excluding steroid dienone is 3. The van der Waals surface area contributed by atoms with Gasteiger partial charge in [0.1, 0.15) is 17.1 Å². The van der Waals surface area contributed by atoms with Gasteiger partial charge in [-0.05, 0) is 40.7 Å². The van der Waals surface area contributed by atoms with Gasteiger partial charge in [-0.3, -0.25) is 0 Å². The largest absolute Gasteiger partial charge is 0.466 e. The molecule has 0 saturated carbocycles. The summed E-state index contributed by atoms with van der Waals surface area (Å²) in [6.45, 7) is 9.24. The van der Waals surface area contributed by atoms with E-state index in [1.807, 2.05) is 33.8 Å². The van der Waals surface area contributed by atoms with Crippen molar-refractivity contribution in [2.45, 2.75) is 46.6 Å². The predicted octanol–water partition coefficient (Wildman–Crippen LogP) is 2.93. The maximum atomic E-state index is 11.7. The van der Waals surface area contributed by atoms with E-state index in [0.29, 0.717) is 17.8 Å². The molecular weight excluding hydrogens is 192 g/mol. The molecule has 1 heterocycles. The fourth-order valence-corrected chi connectivity index (χ4v) is 1.31. The summed E-state index contributed by atoms with van der Waals surface area (Å²) in [7, 11) is 0. The number of rotatable bonds is 1. The highest BCUT2D eigenvalue weighted by Gasteiger charge is 2.27. The molecule has 0 fully saturated rings. The molecule has 0 saturated heterocycles. The molecule has 15 heavy (non-hydrogen) atoms. The predicted molar refractivity (Wildman–Crippen MR) is 58.0 cm³/mol. The van der Waals surface area contributed by atoms with E-state index in [9.17, 15) is 4.79 Å². The van der Waals surface area contributed by atoms with Gasteiger partial charge in [0.05, 0.1) is 5.57 Å². The standard InChI is InChI=1S/C12H18O3/c1-6-9-7-10(8(2)14-9)11(13)15-12(3,4)5/h6H,7H2,1-5H3/b9-6+. The molecule has 0 unspecified atom stereocenters. The van der Waals surface area contributed by atoms with Crippen LogP contribution < -0.4 is 0 Å². The van der Waals surface area contributed by atoms with Crippen molar-refractivity contribution in [3.05, 3.63) is 23.2 Å². The second-order valence-corrected chi connectivity index (χ2v) is 4.57. The van der Waals surface area contributed by atoms with Gasteiger partial charge < -0.3 is 9.47 Å². The molecule has 0 aromatic heterocycles. The van der Waals surface area contributed by atoms with Crippen LogP contribution in [0.5, 0.6) is 0 Å². The average molecular weight is 210 g/mol. The highest BCUT2D eigenvalue weighted by Crippen LogP contribution is 2.29. The van der Waals surface area contributed by atoms with Crippen LogP contribution in [0, 0.1) is 0 Å². The van der Waals surface area contributed by atoms with Crippen LogP contribution in [0.25, 0.3) is 0 Å². The highest BCUT2D eigenvalue weighted by molar-refractivity contribution is 5.90. The van der Waals surface area contributed by atoms with Gasteiger partial charge in [-0.25, -0.2) is 4.79 Å². The molecule has 0 bridgehead atoms. The van der Waals surface area contributed by atoms with Gasteiger partial charge in [0, 0.05) is 6.42 Å². The molecule has 84 valence electrons. The first-order valence-corrected chi connectivity index (χ1v) is 5.09. The van der Waals surface area contributed by atoms with E-state index >= 15 is 0 Å². The summed E-state index contributed by atoms with van der Waals surface area (Å²) in [5.41, 5.74) is 0.168. The van der Waals surface area contributed by atoms with Gasteiger partial charge in [0.2, 0.25) is 0 Å². The molecule has 1 rings (SSSR count). The number of carbonyl (C=O) groups excluding carboxylic acids is 1. The number of carbonyl (C=O) groups is 1. The van der Waals surface area contributed by atoms with Crippen LogP contribution in [-0.4, -0.2) is 11.6 Å². The van der Waals surface area contributed by atoms with Crippen LogP contribution in [0.15, 0.2) is 23.2 Å². The maximum Gasteiger partial charge on any atom is 0.338 e. The third-order valence-electron chi connectivity index (χ3n) is 2.03. The van der Waals surface area contributed by atoms with E-state index in [-0.39, 0.29) is 5.97 Å². The first-order valence-electron chi connectivity index (χ1n) is 5.09. The maximum absolute atomic E-state index is 11.7. The summed E-state index contributed by atoms with van der Waals surface area (Å²) in [5, 5.41) is 0. The Kier molecular flexibility index (Phi) is 3.22. The van der Waals surface area contributed by atoms with Crippen LogP contribution in [0.4, 0.5) is 0 Å². The Balaban J connectivity index is 2.74. The van der Waals surface area contributed by atoms with Gasteiger partial charge in [0.25, 0.3) is 0 Å². The number of hydrogen-bond donors (Lipinski definition) is 0. The quantitative estimate of drug-likeness (QED) is 0.624. The lowest BCUT2D eigenvalue weighted by atomic mass is 10.1. The third-order valence-corrected chi connectivity index (χ3v) is 2.03. The summed E-state index contributed by atoms with van der Waals surface area (Å²) in [5.74, 6) is 1.18. The molecular formula is C12H18O3. The minimum absolute atomic E-state index is 0.281. The van der Waals surface area contributed by atoms with Gasteiger partial charge in [-0.2, -0.15) is 0 Å². The molecule has 0 amide bonds. The smallest absolute Gasteiger partial charge is 0.338 e. The Hall–Kier alpha value is -1.25. The molecule has 0 spiro atoms. The zero-order chi connectivity index (χ0) is 11.6. The SMILES string of the molecule is C/C=C1\CC(C(=O)OC(C)(C)C)=C(C)O1. The van der Waals surface area contributed by atoms with Crippen molar-refractivity contribution in [3.63, 3.8) is 0 Å². The lowest BCUT2D eigenvalue weighted by Gasteiger charge is -2.19. The summed E-state index contributed by atoms with van der Waals surface area (Å²) < 4.78 is 10.7. The van der Waals surface area contributed by atoms with Crippen LogP contribution >= 0.6 is 0 Å². The first kappa shape index (κ1) is 11.8. The van der Waals surface area contributed by atoms with Crippen molar-refractivity contribution in [2.24, 2.45) is 0 Å². The lowest BCUT2D eigenvalue weighted by Crippen LogP contribution is -2.24. The summed E-state index contributed by atoms with van der Waals surface area (Å²) in [6.07, 6.45) is 2.40. The van der Waals surface area contributed by atoms with Gasteiger partial charge >= 0.3 is 5.97 Å². The molecule has 3 heteroatoms. The van der Waals surface area contributed by atoms with Crippen LogP contribution in [0.2, 0.25) is 0 Å². The summed E-state index contributed by atoms with van der Waals surface area (Å²) in [4.78, 5) is 11.7. The summed E-state index contributed by atoms with van der Waals surface area (Å²) in [6, 6.07) is 0. The normalized spacial score (nSPS) is 19.4. The van der Waals surface area contributed by atoms with E-state index in [2.05, 4.69) is 0 Å².